The molecule has 0 saturated heterocycles. The molecule has 4 nitrogen and oxygen atoms in total. The first-order valence-corrected chi connectivity index (χ1v) is 8.25. The lowest BCUT2D eigenvalue weighted by molar-refractivity contribution is -0.0515. The topological polar surface area (TPSA) is 47.6 Å². The van der Waals surface area contributed by atoms with Crippen LogP contribution in [0, 0.1) is 0 Å². The summed E-state index contributed by atoms with van der Waals surface area (Å²) in [5.74, 6) is -4.16. The molecule has 1 amide bonds. The quantitative estimate of drug-likeness (QED) is 0.483. The zero-order valence-corrected chi connectivity index (χ0v) is 14.7. The lowest BCUT2D eigenvalue weighted by atomic mass is 10.1. The number of rotatable bonds is 7. The largest absolute Gasteiger partial charge is 0.493 e. The number of carbonyl (C=O) groups excluding carboxylic acids is 1. The summed E-state index contributed by atoms with van der Waals surface area (Å²) in [6.07, 6.45) is 0. The second-order valence-corrected chi connectivity index (χ2v) is 6.07. The summed E-state index contributed by atoms with van der Waals surface area (Å²) in [6, 6.07) is 8.18. The van der Waals surface area contributed by atoms with Crippen LogP contribution in [0.4, 0.5) is 23.2 Å². The van der Waals surface area contributed by atoms with Gasteiger partial charge in [0.2, 0.25) is 0 Å². The zero-order chi connectivity index (χ0) is 19.3. The fourth-order valence-electron chi connectivity index (χ4n) is 2.07. The number of hydrogen-bond donors (Lipinski definition) is 1. The van der Waals surface area contributed by atoms with Crippen molar-refractivity contribution >= 4 is 35.0 Å². The van der Waals surface area contributed by atoms with Gasteiger partial charge in [0.15, 0.2) is 11.5 Å². The van der Waals surface area contributed by atoms with E-state index in [1.165, 1.54) is 43.5 Å². The minimum Gasteiger partial charge on any atom is -0.493 e. The van der Waals surface area contributed by atoms with Crippen molar-refractivity contribution in [3.8, 4) is 11.5 Å². The number of hydrogen-bond acceptors (Lipinski definition) is 4. The van der Waals surface area contributed by atoms with Gasteiger partial charge in [-0.05, 0) is 24.3 Å². The second kappa shape index (κ2) is 9.00. The van der Waals surface area contributed by atoms with Crippen LogP contribution in [0.15, 0.2) is 41.3 Å². The maximum atomic E-state index is 12.7. The number of methoxy groups -OCH3 is 1. The van der Waals surface area contributed by atoms with Gasteiger partial charge in [-0.3, -0.25) is 4.79 Å². The standard InChI is InChI=1S/C16H12ClF4NO3S/c1-24-11-7-2-4-8(12(11)25-15(18)19)14(23)22-10-6-3-5-9(17)13(10)26-16(20)21/h2-7,15-16H,1H3,(H,22,23). The SMILES string of the molecule is COc1cccc(C(=O)Nc2cccc(Cl)c2SC(F)F)c1OC(F)F. The highest BCUT2D eigenvalue weighted by molar-refractivity contribution is 7.99. The van der Waals surface area contributed by atoms with Crippen LogP contribution in [0.2, 0.25) is 5.02 Å². The molecule has 2 aromatic carbocycles. The first kappa shape index (κ1) is 20.2. The molecule has 0 bridgehead atoms. The average molecular weight is 410 g/mol. The number of alkyl halides is 4. The minimum atomic E-state index is -3.19. The molecule has 0 fully saturated rings. The number of amides is 1. The third kappa shape index (κ3) is 4.95. The molecular formula is C16H12ClF4NO3S. The first-order valence-electron chi connectivity index (χ1n) is 7.00. The van der Waals surface area contributed by atoms with E-state index < -0.39 is 24.0 Å². The highest BCUT2D eigenvalue weighted by Gasteiger charge is 2.22. The molecule has 0 saturated carbocycles. The normalized spacial score (nSPS) is 10.9. The Balaban J connectivity index is 2.38. The molecule has 0 aliphatic carbocycles. The lowest BCUT2D eigenvalue weighted by Gasteiger charge is -2.16. The molecule has 0 atom stereocenters. The van der Waals surface area contributed by atoms with Crippen molar-refractivity contribution in [3.63, 3.8) is 0 Å². The summed E-state index contributed by atoms with van der Waals surface area (Å²) in [4.78, 5) is 12.5. The summed E-state index contributed by atoms with van der Waals surface area (Å²) in [6.45, 7) is -3.19. The van der Waals surface area contributed by atoms with E-state index in [0.717, 1.165) is 0 Å². The molecule has 0 aromatic heterocycles. The Labute approximate surface area is 155 Å². The van der Waals surface area contributed by atoms with Crippen molar-refractivity contribution in [2.24, 2.45) is 0 Å². The van der Waals surface area contributed by atoms with Gasteiger partial charge in [0, 0.05) is 0 Å². The van der Waals surface area contributed by atoms with E-state index in [1.807, 2.05) is 0 Å². The van der Waals surface area contributed by atoms with Crippen molar-refractivity contribution < 1.29 is 31.8 Å². The summed E-state index contributed by atoms with van der Waals surface area (Å²) in [5, 5.41) is 2.40. The van der Waals surface area contributed by atoms with Gasteiger partial charge in [-0.1, -0.05) is 35.5 Å². The van der Waals surface area contributed by atoms with Crippen molar-refractivity contribution in [1.29, 1.82) is 0 Å². The summed E-state index contributed by atoms with van der Waals surface area (Å²) in [5.41, 5.74) is -0.240. The maximum absolute atomic E-state index is 12.7. The zero-order valence-electron chi connectivity index (χ0n) is 13.1. The van der Waals surface area contributed by atoms with Crippen LogP contribution in [0.3, 0.4) is 0 Å². The highest BCUT2D eigenvalue weighted by Crippen LogP contribution is 2.38. The Morgan fingerprint density at radius 2 is 1.85 bits per heavy atom. The molecule has 2 rings (SSSR count). The van der Waals surface area contributed by atoms with Crippen LogP contribution in [0.5, 0.6) is 11.5 Å². The predicted molar refractivity (Wildman–Crippen MR) is 90.9 cm³/mol. The monoisotopic (exact) mass is 409 g/mol. The Hall–Kier alpha value is -2.13. The summed E-state index contributed by atoms with van der Waals surface area (Å²) in [7, 11) is 1.23. The molecule has 0 unspecified atom stereocenters. The van der Waals surface area contributed by atoms with Crippen LogP contribution in [0.25, 0.3) is 0 Å². The molecule has 1 N–H and O–H groups in total. The highest BCUT2D eigenvalue weighted by atomic mass is 35.5. The Morgan fingerprint density at radius 1 is 1.15 bits per heavy atom. The van der Waals surface area contributed by atoms with Crippen LogP contribution < -0.4 is 14.8 Å². The van der Waals surface area contributed by atoms with Crippen LogP contribution in [0.1, 0.15) is 10.4 Å². The van der Waals surface area contributed by atoms with E-state index in [1.54, 1.807) is 0 Å². The molecule has 0 aliphatic heterocycles. The molecule has 0 spiro atoms. The average Bonchev–Trinajstić information content (AvgIpc) is 2.57. The van der Waals surface area contributed by atoms with Gasteiger partial charge >= 0.3 is 6.61 Å². The number of nitrogens with one attached hydrogen (secondary N) is 1. The Morgan fingerprint density at radius 3 is 2.46 bits per heavy atom. The van der Waals surface area contributed by atoms with Crippen LogP contribution >= 0.6 is 23.4 Å². The van der Waals surface area contributed by atoms with Gasteiger partial charge in [0.25, 0.3) is 11.7 Å². The number of halogens is 5. The smallest absolute Gasteiger partial charge is 0.387 e. The third-order valence-corrected chi connectivity index (χ3v) is 4.35. The molecule has 10 heteroatoms. The summed E-state index contributed by atoms with van der Waals surface area (Å²) < 4.78 is 60.0. The van der Waals surface area contributed by atoms with Crippen molar-refractivity contribution in [3.05, 3.63) is 47.0 Å². The molecule has 26 heavy (non-hydrogen) atoms. The summed E-state index contributed by atoms with van der Waals surface area (Å²) >= 11 is 6.06. The van der Waals surface area contributed by atoms with Gasteiger partial charge in [0.1, 0.15) is 0 Å². The first-order chi connectivity index (χ1) is 12.3. The number of anilines is 1. The van der Waals surface area contributed by atoms with E-state index in [-0.39, 0.29) is 38.7 Å². The number of carbonyl (C=O) groups is 1. The van der Waals surface area contributed by atoms with Crippen molar-refractivity contribution in [2.45, 2.75) is 17.3 Å². The molecule has 0 heterocycles. The molecule has 0 radical (unpaired) electrons. The minimum absolute atomic E-state index is 0.0126. The molecule has 140 valence electrons. The molecule has 2 aromatic rings. The van der Waals surface area contributed by atoms with Gasteiger partial charge in [-0.2, -0.15) is 17.6 Å². The van der Waals surface area contributed by atoms with Gasteiger partial charge in [-0.15, -0.1) is 0 Å². The van der Waals surface area contributed by atoms with E-state index in [9.17, 15) is 22.4 Å². The van der Waals surface area contributed by atoms with Crippen LogP contribution in [-0.4, -0.2) is 25.4 Å². The van der Waals surface area contributed by atoms with Crippen molar-refractivity contribution in [1.82, 2.24) is 0 Å². The Bertz CT molecular complexity index is 792. The van der Waals surface area contributed by atoms with E-state index in [0.29, 0.717) is 0 Å². The van der Waals surface area contributed by atoms with E-state index >= 15 is 0 Å². The van der Waals surface area contributed by atoms with Gasteiger partial charge in [-0.25, -0.2) is 0 Å². The second-order valence-electron chi connectivity index (χ2n) is 4.66. The van der Waals surface area contributed by atoms with Crippen LogP contribution in [-0.2, 0) is 0 Å². The third-order valence-electron chi connectivity index (χ3n) is 3.07. The fourth-order valence-corrected chi connectivity index (χ4v) is 2.98. The van der Waals surface area contributed by atoms with Crippen molar-refractivity contribution in [2.75, 3.05) is 12.4 Å². The lowest BCUT2D eigenvalue weighted by Crippen LogP contribution is -2.16. The predicted octanol–water partition coefficient (Wildman–Crippen LogP) is 5.52. The Kier molecular flexibility index (Phi) is 6.98. The molecule has 0 aliphatic rings. The number of para-hydroxylation sites is 1. The van der Waals surface area contributed by atoms with E-state index in [4.69, 9.17) is 16.3 Å². The van der Waals surface area contributed by atoms with E-state index in [2.05, 4.69) is 10.1 Å². The maximum Gasteiger partial charge on any atom is 0.387 e. The van der Waals surface area contributed by atoms with Gasteiger partial charge in [0.05, 0.1) is 28.3 Å². The van der Waals surface area contributed by atoms with Gasteiger partial charge < -0.3 is 14.8 Å². The number of ether oxygens (including phenoxy) is 2. The molecular weight excluding hydrogens is 398 g/mol. The fraction of sp³-hybridized carbons (Fsp3) is 0.188. The number of benzene rings is 2. The number of thioether (sulfide) groups is 1.